The van der Waals surface area contributed by atoms with Gasteiger partial charge in [0.2, 0.25) is 0 Å². The lowest BCUT2D eigenvalue weighted by molar-refractivity contribution is -0.358. The summed E-state index contributed by atoms with van der Waals surface area (Å²) in [6, 6.07) is 0. The number of hydrogen-bond donors (Lipinski definition) is 0. The first-order valence-corrected chi connectivity index (χ1v) is 3.23. The summed E-state index contributed by atoms with van der Waals surface area (Å²) in [5.41, 5.74) is 0. The molecule has 1 aliphatic heterocycles. The number of halogens is 7. The molecule has 1 rings (SSSR count). The molecule has 0 aromatic rings. The van der Waals surface area contributed by atoms with Crippen molar-refractivity contribution in [3.63, 3.8) is 0 Å². The maximum absolute atomic E-state index is 12.6. The second-order valence-electron chi connectivity index (χ2n) is 2.48. The van der Waals surface area contributed by atoms with Gasteiger partial charge in [-0.2, -0.15) is 30.7 Å². The van der Waals surface area contributed by atoms with Gasteiger partial charge in [-0.3, -0.25) is 0 Å². The lowest BCUT2D eigenvalue weighted by Crippen LogP contribution is -2.56. The number of alkyl halides is 7. The van der Waals surface area contributed by atoms with Crippen molar-refractivity contribution in [3.05, 3.63) is 0 Å². The standard InChI is InChI=1S/C4HF7N4/c5-2(6,1-12-14-15-13-1)3(7,8)4(9,10)11/h1H. The Morgan fingerprint density at radius 3 is 1.47 bits per heavy atom. The van der Waals surface area contributed by atoms with Gasteiger partial charge < -0.3 is 0 Å². The van der Waals surface area contributed by atoms with Gasteiger partial charge in [0.25, 0.3) is 6.17 Å². The Kier molecular flexibility index (Phi) is 2.44. The zero-order chi connectivity index (χ0) is 11.9. The third kappa shape index (κ3) is 1.65. The van der Waals surface area contributed by atoms with E-state index in [-0.39, 0.29) is 0 Å². The van der Waals surface area contributed by atoms with Gasteiger partial charge in [0.05, 0.1) is 0 Å². The van der Waals surface area contributed by atoms with Crippen LogP contribution >= 0.6 is 0 Å². The van der Waals surface area contributed by atoms with Gasteiger partial charge in [0, 0.05) is 0 Å². The summed E-state index contributed by atoms with van der Waals surface area (Å²) in [5, 5.41) is 9.56. The monoisotopic (exact) mass is 238 g/mol. The van der Waals surface area contributed by atoms with Crippen molar-refractivity contribution in [1.82, 2.24) is 0 Å². The molecule has 0 saturated heterocycles. The molecule has 0 fully saturated rings. The molecule has 1 aliphatic rings. The van der Waals surface area contributed by atoms with Crippen molar-refractivity contribution in [2.45, 2.75) is 24.2 Å². The molecule has 15 heavy (non-hydrogen) atoms. The highest BCUT2D eigenvalue weighted by atomic mass is 19.4. The van der Waals surface area contributed by atoms with Gasteiger partial charge in [-0.15, -0.1) is 10.2 Å². The van der Waals surface area contributed by atoms with Crippen LogP contribution in [0.25, 0.3) is 0 Å². The van der Waals surface area contributed by atoms with Gasteiger partial charge >= 0.3 is 18.0 Å². The molecule has 0 atom stereocenters. The Morgan fingerprint density at radius 2 is 1.13 bits per heavy atom. The molecule has 0 aromatic heterocycles. The molecule has 0 spiro atoms. The zero-order valence-corrected chi connectivity index (χ0v) is 6.51. The van der Waals surface area contributed by atoms with E-state index in [2.05, 4.69) is 20.7 Å². The molecule has 0 radical (unpaired) electrons. The number of hydrogen-bond acceptors (Lipinski definition) is 4. The molecule has 0 aromatic carbocycles. The minimum atomic E-state index is -6.40. The highest BCUT2D eigenvalue weighted by Crippen LogP contribution is 2.49. The highest BCUT2D eigenvalue weighted by molar-refractivity contribution is 4.97. The number of nitrogens with zero attached hydrogens (tertiary/aromatic N) is 4. The highest BCUT2D eigenvalue weighted by Gasteiger charge is 2.76. The van der Waals surface area contributed by atoms with Crippen LogP contribution in [-0.4, -0.2) is 24.2 Å². The van der Waals surface area contributed by atoms with Gasteiger partial charge in [-0.1, -0.05) is 0 Å². The summed E-state index contributed by atoms with van der Waals surface area (Å²) in [7, 11) is 0. The predicted molar refractivity (Wildman–Crippen MR) is 29.4 cm³/mol. The van der Waals surface area contributed by atoms with Crippen LogP contribution in [0.5, 0.6) is 0 Å². The average molecular weight is 238 g/mol. The lowest BCUT2D eigenvalue weighted by Gasteiger charge is -2.28. The fraction of sp³-hybridized carbons (Fsp3) is 1.00. The molecule has 0 saturated carbocycles. The molecule has 4 nitrogen and oxygen atoms in total. The van der Waals surface area contributed by atoms with Crippen LogP contribution < -0.4 is 0 Å². The minimum Gasteiger partial charge on any atom is -0.195 e. The van der Waals surface area contributed by atoms with E-state index in [0.29, 0.717) is 0 Å². The second kappa shape index (κ2) is 3.10. The zero-order valence-electron chi connectivity index (χ0n) is 6.51. The molecular formula is C4HF7N4. The van der Waals surface area contributed by atoms with Crippen LogP contribution in [0.4, 0.5) is 30.7 Å². The largest absolute Gasteiger partial charge is 0.460 e. The van der Waals surface area contributed by atoms with Gasteiger partial charge in [0.1, 0.15) is 0 Å². The van der Waals surface area contributed by atoms with E-state index < -0.39 is 24.2 Å². The van der Waals surface area contributed by atoms with Crippen molar-refractivity contribution in [1.29, 1.82) is 0 Å². The van der Waals surface area contributed by atoms with Gasteiger partial charge in [0.15, 0.2) is 0 Å². The molecule has 11 heteroatoms. The molecule has 86 valence electrons. The third-order valence-corrected chi connectivity index (χ3v) is 1.46. The molecule has 0 N–H and O–H groups in total. The van der Waals surface area contributed by atoms with Crippen molar-refractivity contribution in [3.8, 4) is 0 Å². The normalized spacial score (nSPS) is 18.9. The first kappa shape index (κ1) is 11.8. The first-order valence-electron chi connectivity index (χ1n) is 3.23. The SMILES string of the molecule is FC(F)(F)C(F)(F)C(F)(F)C1N=NN=N1. The van der Waals surface area contributed by atoms with E-state index in [1.54, 1.807) is 0 Å². The lowest BCUT2D eigenvalue weighted by atomic mass is 10.1. The Morgan fingerprint density at radius 1 is 0.733 bits per heavy atom. The Hall–Kier alpha value is -1.29. The third-order valence-electron chi connectivity index (χ3n) is 1.46. The van der Waals surface area contributed by atoms with Crippen LogP contribution in [0.3, 0.4) is 0 Å². The van der Waals surface area contributed by atoms with Gasteiger partial charge in [-0.05, 0) is 10.4 Å². The first-order chi connectivity index (χ1) is 6.61. The topological polar surface area (TPSA) is 49.4 Å². The Labute approximate surface area is 76.9 Å². The average Bonchev–Trinajstić information content (AvgIpc) is 2.53. The van der Waals surface area contributed by atoms with E-state index in [1.165, 1.54) is 0 Å². The van der Waals surface area contributed by atoms with E-state index in [4.69, 9.17) is 0 Å². The molecule has 0 aliphatic carbocycles. The fourth-order valence-corrected chi connectivity index (χ4v) is 0.663. The van der Waals surface area contributed by atoms with Crippen molar-refractivity contribution < 1.29 is 30.7 Å². The van der Waals surface area contributed by atoms with Gasteiger partial charge in [-0.25, -0.2) is 0 Å². The minimum absolute atomic E-state index is 2.35. The Balaban J connectivity index is 3.04. The van der Waals surface area contributed by atoms with E-state index in [1.807, 2.05) is 0 Å². The quantitative estimate of drug-likeness (QED) is 0.664. The van der Waals surface area contributed by atoms with E-state index in [0.717, 1.165) is 0 Å². The van der Waals surface area contributed by atoms with E-state index in [9.17, 15) is 30.7 Å². The van der Waals surface area contributed by atoms with Crippen LogP contribution in [-0.2, 0) is 0 Å². The second-order valence-corrected chi connectivity index (χ2v) is 2.48. The summed E-state index contributed by atoms with van der Waals surface area (Å²) in [5.74, 6) is -11.8. The molecule has 1 heterocycles. The maximum Gasteiger partial charge on any atom is 0.460 e. The molecule has 0 unspecified atom stereocenters. The van der Waals surface area contributed by atoms with Crippen molar-refractivity contribution in [2.24, 2.45) is 20.7 Å². The summed E-state index contributed by atoms with van der Waals surface area (Å²) >= 11 is 0. The molecule has 0 bridgehead atoms. The van der Waals surface area contributed by atoms with Crippen LogP contribution in [0, 0.1) is 0 Å². The number of rotatable bonds is 2. The predicted octanol–water partition coefficient (Wildman–Crippen LogP) is 2.98. The maximum atomic E-state index is 12.6. The van der Waals surface area contributed by atoms with Crippen molar-refractivity contribution in [2.75, 3.05) is 0 Å². The summed E-state index contributed by atoms with van der Waals surface area (Å²) in [6.07, 6.45) is -9.35. The van der Waals surface area contributed by atoms with E-state index >= 15 is 0 Å². The van der Waals surface area contributed by atoms with Crippen LogP contribution in [0.1, 0.15) is 0 Å². The smallest absolute Gasteiger partial charge is 0.195 e. The van der Waals surface area contributed by atoms with Crippen molar-refractivity contribution >= 4 is 0 Å². The summed E-state index contributed by atoms with van der Waals surface area (Å²) < 4.78 is 84.6. The Bertz CT molecular complexity index is 293. The molecular weight excluding hydrogens is 237 g/mol. The summed E-state index contributed by atoms with van der Waals surface area (Å²) in [4.78, 5) is 0. The summed E-state index contributed by atoms with van der Waals surface area (Å²) in [6.45, 7) is 0. The molecule has 0 amide bonds. The fourth-order valence-electron chi connectivity index (χ4n) is 0.663. The van der Waals surface area contributed by atoms with Crippen LogP contribution in [0.15, 0.2) is 20.7 Å². The van der Waals surface area contributed by atoms with Crippen LogP contribution in [0.2, 0.25) is 0 Å².